The van der Waals surface area contributed by atoms with Crippen LogP contribution in [0.15, 0.2) is 54.6 Å². The van der Waals surface area contributed by atoms with Crippen molar-refractivity contribution < 1.29 is 13.2 Å². The van der Waals surface area contributed by atoms with Crippen LogP contribution in [0, 0.1) is 6.92 Å². The molecule has 2 aromatic heterocycles. The van der Waals surface area contributed by atoms with Gasteiger partial charge in [0.2, 0.25) is 0 Å². The second-order valence-corrected chi connectivity index (χ2v) is 5.60. The summed E-state index contributed by atoms with van der Waals surface area (Å²) in [4.78, 5) is 4.45. The molecule has 0 atom stereocenters. The molecule has 2 aromatic carbocycles. The van der Waals surface area contributed by atoms with Crippen LogP contribution < -0.4 is 0 Å². The van der Waals surface area contributed by atoms with Crippen molar-refractivity contribution in [2.75, 3.05) is 0 Å². The first-order chi connectivity index (χ1) is 11.4. The predicted molar refractivity (Wildman–Crippen MR) is 86.1 cm³/mol. The monoisotopic (exact) mass is 327 g/mol. The van der Waals surface area contributed by atoms with E-state index in [9.17, 15) is 13.2 Å². The molecule has 0 radical (unpaired) electrons. The highest BCUT2D eigenvalue weighted by molar-refractivity contribution is 5.93. The molecular weight excluding hydrogens is 315 g/mol. The number of hydrogen-bond donors (Lipinski definition) is 0. The van der Waals surface area contributed by atoms with Gasteiger partial charge in [-0.25, -0.2) is 9.67 Å². The molecule has 24 heavy (non-hydrogen) atoms. The number of aryl methyl sites for hydroxylation is 1. The Kier molecular flexibility index (Phi) is 3.09. The van der Waals surface area contributed by atoms with Gasteiger partial charge in [0, 0.05) is 10.8 Å². The molecule has 0 N–H and O–H groups in total. The summed E-state index contributed by atoms with van der Waals surface area (Å²) in [6.45, 7) is 1.86. The van der Waals surface area contributed by atoms with Crippen LogP contribution in [-0.4, -0.2) is 14.8 Å². The summed E-state index contributed by atoms with van der Waals surface area (Å²) >= 11 is 0. The number of aromatic nitrogens is 3. The van der Waals surface area contributed by atoms with E-state index >= 15 is 0 Å². The van der Waals surface area contributed by atoms with Crippen molar-refractivity contribution in [3.05, 3.63) is 65.9 Å². The standard InChI is InChI=1S/C18H12F3N3/c1-11-15-9-12-7-8-13(18(19,20)21)10-16(12)22-17(15)24(23-11)14-5-3-2-4-6-14/h2-10H,1H3. The zero-order chi connectivity index (χ0) is 16.9. The third kappa shape index (κ3) is 2.31. The van der Waals surface area contributed by atoms with Gasteiger partial charge in [-0.05, 0) is 37.3 Å². The molecule has 120 valence electrons. The molecule has 0 aliphatic carbocycles. The van der Waals surface area contributed by atoms with Crippen molar-refractivity contribution in [1.29, 1.82) is 0 Å². The predicted octanol–water partition coefficient (Wildman–Crippen LogP) is 4.90. The number of pyridine rings is 1. The SMILES string of the molecule is Cc1nn(-c2ccccc2)c2nc3cc(C(F)(F)F)ccc3cc12. The Morgan fingerprint density at radius 3 is 2.42 bits per heavy atom. The van der Waals surface area contributed by atoms with Gasteiger partial charge in [0.1, 0.15) is 0 Å². The van der Waals surface area contributed by atoms with Gasteiger partial charge in [0.15, 0.2) is 5.65 Å². The maximum atomic E-state index is 12.9. The van der Waals surface area contributed by atoms with Crippen LogP contribution in [0.1, 0.15) is 11.3 Å². The average Bonchev–Trinajstić information content (AvgIpc) is 2.89. The molecule has 0 unspecified atom stereocenters. The van der Waals surface area contributed by atoms with Gasteiger partial charge in [0.25, 0.3) is 0 Å². The molecule has 3 nitrogen and oxygen atoms in total. The molecule has 0 saturated heterocycles. The molecule has 0 spiro atoms. The van der Waals surface area contributed by atoms with Crippen molar-refractivity contribution in [3.63, 3.8) is 0 Å². The fourth-order valence-corrected chi connectivity index (χ4v) is 2.76. The minimum absolute atomic E-state index is 0.300. The van der Waals surface area contributed by atoms with E-state index in [1.165, 1.54) is 6.07 Å². The van der Waals surface area contributed by atoms with E-state index in [-0.39, 0.29) is 0 Å². The van der Waals surface area contributed by atoms with Crippen molar-refractivity contribution in [3.8, 4) is 5.69 Å². The number of benzene rings is 2. The number of hydrogen-bond acceptors (Lipinski definition) is 2. The largest absolute Gasteiger partial charge is 0.416 e. The first-order valence-corrected chi connectivity index (χ1v) is 7.36. The highest BCUT2D eigenvalue weighted by Gasteiger charge is 2.30. The normalized spacial score (nSPS) is 12.2. The van der Waals surface area contributed by atoms with Crippen molar-refractivity contribution in [2.24, 2.45) is 0 Å². The Morgan fingerprint density at radius 1 is 0.958 bits per heavy atom. The molecule has 0 saturated carbocycles. The summed E-state index contributed by atoms with van der Waals surface area (Å²) in [6.07, 6.45) is -4.39. The summed E-state index contributed by atoms with van der Waals surface area (Å²) in [5.74, 6) is 0. The Balaban J connectivity index is 2.01. The molecular formula is C18H12F3N3. The molecule has 2 heterocycles. The highest BCUT2D eigenvalue weighted by atomic mass is 19.4. The second kappa shape index (κ2) is 5.06. The van der Waals surface area contributed by atoms with Crippen LogP contribution in [0.4, 0.5) is 13.2 Å². The van der Waals surface area contributed by atoms with Crippen LogP contribution in [-0.2, 0) is 6.18 Å². The minimum Gasteiger partial charge on any atom is -0.228 e. The fraction of sp³-hybridized carbons (Fsp3) is 0.111. The summed E-state index contributed by atoms with van der Waals surface area (Å²) in [5.41, 5.74) is 1.74. The molecule has 0 aliphatic heterocycles. The third-order valence-electron chi connectivity index (χ3n) is 3.97. The number of nitrogens with zero attached hydrogens (tertiary/aromatic N) is 3. The van der Waals surface area contributed by atoms with Gasteiger partial charge in [0.05, 0.1) is 22.5 Å². The number of rotatable bonds is 1. The van der Waals surface area contributed by atoms with Crippen LogP contribution >= 0.6 is 0 Å². The zero-order valence-corrected chi connectivity index (χ0v) is 12.7. The molecule has 6 heteroatoms. The van der Waals surface area contributed by atoms with Crippen LogP contribution in [0.5, 0.6) is 0 Å². The Bertz CT molecular complexity index is 1050. The van der Waals surface area contributed by atoms with E-state index in [4.69, 9.17) is 0 Å². The second-order valence-electron chi connectivity index (χ2n) is 5.60. The van der Waals surface area contributed by atoms with Gasteiger partial charge >= 0.3 is 6.18 Å². The molecule has 4 aromatic rings. The highest BCUT2D eigenvalue weighted by Crippen LogP contribution is 2.32. The van der Waals surface area contributed by atoms with Gasteiger partial charge in [-0.2, -0.15) is 18.3 Å². The van der Waals surface area contributed by atoms with E-state index in [2.05, 4.69) is 10.1 Å². The topological polar surface area (TPSA) is 30.7 Å². The van der Waals surface area contributed by atoms with E-state index in [0.717, 1.165) is 28.9 Å². The molecule has 0 aliphatic rings. The molecule has 4 rings (SSSR count). The van der Waals surface area contributed by atoms with Crippen LogP contribution in [0.2, 0.25) is 0 Å². The summed E-state index contributed by atoms with van der Waals surface area (Å²) < 4.78 is 40.5. The zero-order valence-electron chi connectivity index (χ0n) is 12.7. The first kappa shape index (κ1) is 14.7. The van der Waals surface area contributed by atoms with Crippen LogP contribution in [0.25, 0.3) is 27.6 Å². The van der Waals surface area contributed by atoms with E-state index < -0.39 is 11.7 Å². The lowest BCUT2D eigenvalue weighted by Crippen LogP contribution is -2.04. The number of fused-ring (bicyclic) bond motifs is 2. The van der Waals surface area contributed by atoms with Gasteiger partial charge in [-0.1, -0.05) is 24.3 Å². The number of halogens is 3. The van der Waals surface area contributed by atoms with Gasteiger partial charge < -0.3 is 0 Å². The van der Waals surface area contributed by atoms with Crippen LogP contribution in [0.3, 0.4) is 0 Å². The molecule has 0 amide bonds. The lowest BCUT2D eigenvalue weighted by atomic mass is 10.1. The lowest BCUT2D eigenvalue weighted by Gasteiger charge is -2.08. The van der Waals surface area contributed by atoms with Crippen molar-refractivity contribution in [2.45, 2.75) is 13.1 Å². The van der Waals surface area contributed by atoms with E-state index in [0.29, 0.717) is 16.6 Å². The average molecular weight is 327 g/mol. The Morgan fingerprint density at radius 2 is 1.71 bits per heavy atom. The fourth-order valence-electron chi connectivity index (χ4n) is 2.76. The van der Waals surface area contributed by atoms with Gasteiger partial charge in [-0.3, -0.25) is 0 Å². The number of para-hydroxylation sites is 1. The summed E-state index contributed by atoms with van der Waals surface area (Å²) in [7, 11) is 0. The Labute approximate surface area is 135 Å². The van der Waals surface area contributed by atoms with Crippen molar-refractivity contribution >= 4 is 21.9 Å². The third-order valence-corrected chi connectivity index (χ3v) is 3.97. The first-order valence-electron chi connectivity index (χ1n) is 7.36. The maximum absolute atomic E-state index is 12.9. The lowest BCUT2D eigenvalue weighted by molar-refractivity contribution is -0.137. The maximum Gasteiger partial charge on any atom is 0.416 e. The van der Waals surface area contributed by atoms with Crippen molar-refractivity contribution in [1.82, 2.24) is 14.8 Å². The molecule has 0 fully saturated rings. The smallest absolute Gasteiger partial charge is 0.228 e. The van der Waals surface area contributed by atoms with E-state index in [1.807, 2.05) is 43.3 Å². The minimum atomic E-state index is -4.39. The summed E-state index contributed by atoms with van der Waals surface area (Å²) in [6, 6.07) is 14.8. The summed E-state index contributed by atoms with van der Waals surface area (Å²) in [5, 5.41) is 5.97. The quantitative estimate of drug-likeness (QED) is 0.498. The van der Waals surface area contributed by atoms with E-state index in [1.54, 1.807) is 4.68 Å². The van der Waals surface area contributed by atoms with Gasteiger partial charge in [-0.15, -0.1) is 0 Å². The Hall–Kier alpha value is -2.89. The number of alkyl halides is 3. The molecule has 0 bridgehead atoms.